The molecule has 0 atom stereocenters. The van der Waals surface area contributed by atoms with Gasteiger partial charge in [0.1, 0.15) is 0 Å². The van der Waals surface area contributed by atoms with Gasteiger partial charge in [-0.15, -0.1) is 11.8 Å². The highest BCUT2D eigenvalue weighted by Crippen LogP contribution is 2.21. The summed E-state index contributed by atoms with van der Waals surface area (Å²) in [5, 5.41) is 8.91. The van der Waals surface area contributed by atoms with Gasteiger partial charge in [-0.3, -0.25) is 9.97 Å². The van der Waals surface area contributed by atoms with Crippen LogP contribution in [0.15, 0.2) is 47.8 Å². The average Bonchev–Trinajstić information content (AvgIpc) is 2.38. The van der Waals surface area contributed by atoms with Crippen LogP contribution in [-0.2, 0) is 12.4 Å². The third-order valence-corrected chi connectivity index (χ3v) is 3.15. The van der Waals surface area contributed by atoms with Gasteiger partial charge in [-0.1, -0.05) is 12.1 Å². The molecule has 3 nitrogen and oxygen atoms in total. The molecule has 1 aromatic carbocycles. The van der Waals surface area contributed by atoms with Crippen LogP contribution in [0.1, 0.15) is 11.3 Å². The Balaban J connectivity index is 1.94. The molecular formula is C12H12N2OS. The number of aliphatic hydroxyl groups is 1. The lowest BCUT2D eigenvalue weighted by atomic mass is 10.2. The van der Waals surface area contributed by atoms with Crippen LogP contribution in [0, 0.1) is 0 Å². The molecule has 16 heavy (non-hydrogen) atoms. The first-order valence-corrected chi connectivity index (χ1v) is 5.94. The van der Waals surface area contributed by atoms with Gasteiger partial charge >= 0.3 is 0 Å². The average molecular weight is 232 g/mol. The standard InChI is InChI=1S/C12H12N2OS/c15-8-10-1-3-12(4-2-10)16-9-11-7-13-5-6-14-11/h1-7,15H,8-9H2. The molecule has 4 heteroatoms. The summed E-state index contributed by atoms with van der Waals surface area (Å²) in [7, 11) is 0. The fraction of sp³-hybridized carbons (Fsp3) is 0.167. The molecule has 0 aliphatic heterocycles. The molecule has 1 heterocycles. The monoisotopic (exact) mass is 232 g/mol. The van der Waals surface area contributed by atoms with Crippen molar-refractivity contribution in [3.05, 3.63) is 54.1 Å². The first-order valence-electron chi connectivity index (χ1n) is 4.96. The minimum atomic E-state index is 0.0924. The highest BCUT2D eigenvalue weighted by atomic mass is 32.2. The van der Waals surface area contributed by atoms with E-state index in [1.165, 1.54) is 4.90 Å². The zero-order chi connectivity index (χ0) is 11.2. The van der Waals surface area contributed by atoms with Gasteiger partial charge in [-0.05, 0) is 17.7 Å². The number of thioether (sulfide) groups is 1. The van der Waals surface area contributed by atoms with Gasteiger partial charge in [0.2, 0.25) is 0 Å². The van der Waals surface area contributed by atoms with E-state index in [-0.39, 0.29) is 6.61 Å². The van der Waals surface area contributed by atoms with Crippen molar-refractivity contribution < 1.29 is 5.11 Å². The van der Waals surface area contributed by atoms with Crippen molar-refractivity contribution in [1.82, 2.24) is 9.97 Å². The molecule has 0 saturated heterocycles. The molecule has 0 fully saturated rings. The van der Waals surface area contributed by atoms with Gasteiger partial charge in [0.15, 0.2) is 0 Å². The molecule has 0 spiro atoms. The third-order valence-electron chi connectivity index (χ3n) is 2.11. The first kappa shape index (κ1) is 11.1. The van der Waals surface area contributed by atoms with Crippen LogP contribution in [0.25, 0.3) is 0 Å². The quantitative estimate of drug-likeness (QED) is 0.821. The van der Waals surface area contributed by atoms with Crippen molar-refractivity contribution >= 4 is 11.8 Å². The molecule has 0 aliphatic rings. The summed E-state index contributed by atoms with van der Waals surface area (Å²) in [5.74, 6) is 0.812. The predicted octanol–water partition coefficient (Wildman–Crippen LogP) is 2.26. The Kier molecular flexibility index (Phi) is 3.91. The fourth-order valence-corrected chi connectivity index (χ4v) is 2.05. The Morgan fingerprint density at radius 3 is 2.56 bits per heavy atom. The Morgan fingerprint density at radius 1 is 1.12 bits per heavy atom. The highest BCUT2D eigenvalue weighted by Gasteiger charge is 1.97. The summed E-state index contributed by atoms with van der Waals surface area (Å²) in [6.07, 6.45) is 5.14. The minimum absolute atomic E-state index is 0.0924. The normalized spacial score (nSPS) is 10.3. The largest absolute Gasteiger partial charge is 0.392 e. The molecule has 82 valence electrons. The molecule has 0 saturated carbocycles. The summed E-state index contributed by atoms with van der Waals surface area (Å²) >= 11 is 1.71. The van der Waals surface area contributed by atoms with Crippen molar-refractivity contribution in [2.24, 2.45) is 0 Å². The number of nitrogens with zero attached hydrogens (tertiary/aromatic N) is 2. The van der Waals surface area contributed by atoms with Gasteiger partial charge in [-0.25, -0.2) is 0 Å². The highest BCUT2D eigenvalue weighted by molar-refractivity contribution is 7.98. The van der Waals surface area contributed by atoms with E-state index < -0.39 is 0 Å². The second-order valence-electron chi connectivity index (χ2n) is 3.29. The van der Waals surface area contributed by atoms with Gasteiger partial charge < -0.3 is 5.11 Å². The molecule has 0 bridgehead atoms. The van der Waals surface area contributed by atoms with Crippen molar-refractivity contribution in [2.75, 3.05) is 0 Å². The van der Waals surface area contributed by atoms with Crippen LogP contribution in [-0.4, -0.2) is 15.1 Å². The molecule has 1 aromatic heterocycles. The zero-order valence-corrected chi connectivity index (χ0v) is 9.52. The number of hydrogen-bond donors (Lipinski definition) is 1. The molecule has 2 rings (SSSR count). The summed E-state index contributed by atoms with van der Waals surface area (Å²) in [6, 6.07) is 7.87. The minimum Gasteiger partial charge on any atom is -0.392 e. The number of rotatable bonds is 4. The van der Waals surface area contributed by atoms with E-state index in [0.717, 1.165) is 17.0 Å². The number of aliphatic hydroxyl groups excluding tert-OH is 1. The number of aromatic nitrogens is 2. The molecule has 0 amide bonds. The second kappa shape index (κ2) is 5.63. The van der Waals surface area contributed by atoms with Crippen LogP contribution in [0.5, 0.6) is 0 Å². The molecule has 0 aliphatic carbocycles. The summed E-state index contributed by atoms with van der Waals surface area (Å²) in [4.78, 5) is 9.39. The van der Waals surface area contributed by atoms with Crippen LogP contribution in [0.4, 0.5) is 0 Å². The van der Waals surface area contributed by atoms with Crippen molar-refractivity contribution in [1.29, 1.82) is 0 Å². The third kappa shape index (κ3) is 3.05. The lowest BCUT2D eigenvalue weighted by Gasteiger charge is -2.01. The van der Waals surface area contributed by atoms with E-state index in [9.17, 15) is 0 Å². The van der Waals surface area contributed by atoms with E-state index in [1.54, 1.807) is 30.4 Å². The molecule has 1 N–H and O–H groups in total. The summed E-state index contributed by atoms with van der Waals surface area (Å²) in [6.45, 7) is 0.0924. The number of hydrogen-bond acceptors (Lipinski definition) is 4. The SMILES string of the molecule is OCc1ccc(SCc2cnccn2)cc1. The van der Waals surface area contributed by atoms with Crippen LogP contribution in [0.2, 0.25) is 0 Å². The van der Waals surface area contributed by atoms with Gasteiger partial charge in [0.25, 0.3) is 0 Å². The summed E-state index contributed by atoms with van der Waals surface area (Å²) in [5.41, 5.74) is 1.91. The molecular weight excluding hydrogens is 220 g/mol. The Bertz CT molecular complexity index is 431. The Morgan fingerprint density at radius 2 is 1.94 bits per heavy atom. The summed E-state index contributed by atoms with van der Waals surface area (Å²) < 4.78 is 0. The first-order chi connectivity index (χ1) is 7.88. The van der Waals surface area contributed by atoms with Crippen LogP contribution >= 0.6 is 11.8 Å². The fourth-order valence-electron chi connectivity index (χ4n) is 1.25. The maximum absolute atomic E-state index is 8.91. The lowest BCUT2D eigenvalue weighted by Crippen LogP contribution is -1.87. The van der Waals surface area contributed by atoms with E-state index in [4.69, 9.17) is 5.11 Å². The maximum Gasteiger partial charge on any atom is 0.0689 e. The van der Waals surface area contributed by atoms with Crippen molar-refractivity contribution in [3.63, 3.8) is 0 Å². The van der Waals surface area contributed by atoms with E-state index in [1.807, 2.05) is 24.3 Å². The smallest absolute Gasteiger partial charge is 0.0689 e. The topological polar surface area (TPSA) is 46.0 Å². The second-order valence-corrected chi connectivity index (χ2v) is 4.34. The van der Waals surface area contributed by atoms with Gasteiger partial charge in [0, 0.05) is 29.2 Å². The number of benzene rings is 1. The molecule has 2 aromatic rings. The van der Waals surface area contributed by atoms with Crippen molar-refractivity contribution in [3.8, 4) is 0 Å². The van der Waals surface area contributed by atoms with Crippen LogP contribution in [0.3, 0.4) is 0 Å². The van der Waals surface area contributed by atoms with Gasteiger partial charge in [-0.2, -0.15) is 0 Å². The Labute approximate surface area is 98.6 Å². The maximum atomic E-state index is 8.91. The molecule has 0 unspecified atom stereocenters. The van der Waals surface area contributed by atoms with Crippen molar-refractivity contribution in [2.45, 2.75) is 17.3 Å². The molecule has 0 radical (unpaired) electrons. The predicted molar refractivity (Wildman–Crippen MR) is 64.0 cm³/mol. The van der Waals surface area contributed by atoms with E-state index in [0.29, 0.717) is 0 Å². The lowest BCUT2D eigenvalue weighted by molar-refractivity contribution is 0.282. The van der Waals surface area contributed by atoms with E-state index in [2.05, 4.69) is 9.97 Å². The van der Waals surface area contributed by atoms with Crippen LogP contribution < -0.4 is 0 Å². The zero-order valence-electron chi connectivity index (χ0n) is 8.71. The van der Waals surface area contributed by atoms with Gasteiger partial charge in [0.05, 0.1) is 12.3 Å². The van der Waals surface area contributed by atoms with E-state index >= 15 is 0 Å². The Hall–Kier alpha value is -1.39.